The third kappa shape index (κ3) is 29.1. The number of ether oxygens (including phenoxy) is 9. The van der Waals surface area contributed by atoms with Gasteiger partial charge in [-0.25, -0.2) is 4.79 Å². The van der Waals surface area contributed by atoms with E-state index in [2.05, 4.69) is 13.8 Å². The van der Waals surface area contributed by atoms with E-state index >= 15 is 0 Å². The number of carboxylic acids is 1. The topological polar surface area (TPSA) is 155 Å². The van der Waals surface area contributed by atoms with E-state index in [9.17, 15) is 14.4 Å². The predicted octanol–water partition coefficient (Wildman–Crippen LogP) is 1.14. The lowest BCUT2D eigenvalue weighted by atomic mass is 10.1. The number of aliphatic carboxylic acids is 1. The number of ketones is 1. The largest absolute Gasteiger partial charge is 0.476 e. The Labute approximate surface area is 231 Å². The molecule has 13 heteroatoms. The van der Waals surface area contributed by atoms with Crippen LogP contribution < -0.4 is 0 Å². The third-order valence-corrected chi connectivity index (χ3v) is 4.99. The number of carboxylic acid groups (broad SMARTS) is 1. The molecular formula is C26H48O13. The van der Waals surface area contributed by atoms with Gasteiger partial charge in [0.1, 0.15) is 6.61 Å². The summed E-state index contributed by atoms with van der Waals surface area (Å²) in [6.45, 7) is 12.0. The van der Waals surface area contributed by atoms with E-state index in [0.29, 0.717) is 98.4 Å². The second kappa shape index (κ2) is 29.3. The molecule has 1 unspecified atom stereocenters. The number of hydrogen-bond donors (Lipinski definition) is 1. The van der Waals surface area contributed by atoms with Crippen molar-refractivity contribution in [2.24, 2.45) is 5.92 Å². The summed E-state index contributed by atoms with van der Waals surface area (Å²) >= 11 is 0. The highest BCUT2D eigenvalue weighted by Gasteiger charge is 2.14. The zero-order chi connectivity index (χ0) is 28.8. The Morgan fingerprint density at radius 3 is 1.21 bits per heavy atom. The van der Waals surface area contributed by atoms with Crippen molar-refractivity contribution in [2.75, 3.05) is 112 Å². The van der Waals surface area contributed by atoms with Gasteiger partial charge in [-0.2, -0.15) is 0 Å². The average Bonchev–Trinajstić information content (AvgIpc) is 2.93. The first-order valence-corrected chi connectivity index (χ1v) is 13.5. The number of Topliss-reactive ketones (excluding diaryl/α,β-unsaturated/α-hetero) is 1. The smallest absolute Gasteiger partial charge is 0.372 e. The van der Waals surface area contributed by atoms with Crippen LogP contribution in [0.15, 0.2) is 0 Å². The van der Waals surface area contributed by atoms with Gasteiger partial charge in [0, 0.05) is 13.0 Å². The van der Waals surface area contributed by atoms with E-state index in [1.807, 2.05) is 0 Å². The van der Waals surface area contributed by atoms with Crippen molar-refractivity contribution in [1.29, 1.82) is 0 Å². The summed E-state index contributed by atoms with van der Waals surface area (Å²) in [6.07, 6.45) is 0.471. The summed E-state index contributed by atoms with van der Waals surface area (Å²) in [5, 5.41) is 8.42. The van der Waals surface area contributed by atoms with Crippen LogP contribution in [0.4, 0.5) is 0 Å². The molecule has 1 N–H and O–H groups in total. The molecule has 0 spiro atoms. The third-order valence-electron chi connectivity index (χ3n) is 4.99. The van der Waals surface area contributed by atoms with Gasteiger partial charge in [0.05, 0.1) is 106 Å². The van der Waals surface area contributed by atoms with Crippen molar-refractivity contribution in [3.63, 3.8) is 0 Å². The Hall–Kier alpha value is -1.71. The highest BCUT2D eigenvalue weighted by Crippen LogP contribution is 2.00. The molecular weight excluding hydrogens is 520 g/mol. The van der Waals surface area contributed by atoms with Crippen LogP contribution in [0.5, 0.6) is 0 Å². The van der Waals surface area contributed by atoms with Gasteiger partial charge in [0.25, 0.3) is 0 Å². The molecule has 0 saturated heterocycles. The van der Waals surface area contributed by atoms with Crippen molar-refractivity contribution in [3.8, 4) is 0 Å². The number of carbonyl (C=O) groups excluding carboxylic acids is 2. The lowest BCUT2D eigenvalue weighted by Gasteiger charge is -2.10. The fraction of sp³-hybridized carbons (Fsp3) is 0.885. The van der Waals surface area contributed by atoms with Crippen LogP contribution in [-0.2, 0) is 57.0 Å². The van der Waals surface area contributed by atoms with Gasteiger partial charge in [-0.3, -0.25) is 9.59 Å². The standard InChI is InChI=1S/C26H48O13/c1-3-23(2)22-38-19-18-36-15-14-34-11-10-32-7-6-31-8-9-33-12-13-35-16-17-37-20-21-39-25(28)5-4-24(27)26(29)30/h23H,3-22H2,1-2H3,(H,29,30). The van der Waals surface area contributed by atoms with E-state index in [0.717, 1.165) is 13.0 Å². The Bertz CT molecular complexity index is 588. The molecule has 39 heavy (non-hydrogen) atoms. The van der Waals surface area contributed by atoms with Gasteiger partial charge < -0.3 is 47.7 Å². The fourth-order valence-corrected chi connectivity index (χ4v) is 2.55. The zero-order valence-electron chi connectivity index (χ0n) is 23.6. The molecule has 0 aromatic carbocycles. The fourth-order valence-electron chi connectivity index (χ4n) is 2.55. The summed E-state index contributed by atoms with van der Waals surface area (Å²) in [5.74, 6) is -2.64. The van der Waals surface area contributed by atoms with Gasteiger partial charge in [0.15, 0.2) is 0 Å². The highest BCUT2D eigenvalue weighted by atomic mass is 16.6. The zero-order valence-corrected chi connectivity index (χ0v) is 23.6. The molecule has 0 aromatic heterocycles. The molecule has 0 radical (unpaired) electrons. The molecule has 0 heterocycles. The molecule has 0 amide bonds. The average molecular weight is 569 g/mol. The van der Waals surface area contributed by atoms with E-state index in [1.165, 1.54) is 0 Å². The maximum atomic E-state index is 11.3. The summed E-state index contributed by atoms with van der Waals surface area (Å²) in [7, 11) is 0. The molecule has 0 saturated carbocycles. The first-order valence-electron chi connectivity index (χ1n) is 13.5. The first kappa shape index (κ1) is 37.3. The Morgan fingerprint density at radius 1 is 0.538 bits per heavy atom. The van der Waals surface area contributed by atoms with Gasteiger partial charge in [-0.15, -0.1) is 0 Å². The molecule has 0 aliphatic carbocycles. The molecule has 0 bridgehead atoms. The van der Waals surface area contributed by atoms with E-state index < -0.39 is 17.7 Å². The molecule has 0 aromatic rings. The van der Waals surface area contributed by atoms with Crippen LogP contribution in [0.25, 0.3) is 0 Å². The minimum absolute atomic E-state index is 0.0207. The molecule has 13 nitrogen and oxygen atoms in total. The van der Waals surface area contributed by atoms with E-state index in [1.54, 1.807) is 0 Å². The van der Waals surface area contributed by atoms with Crippen LogP contribution >= 0.6 is 0 Å². The van der Waals surface area contributed by atoms with Crippen LogP contribution in [0, 0.1) is 5.92 Å². The monoisotopic (exact) mass is 568 g/mol. The van der Waals surface area contributed by atoms with Crippen LogP contribution in [0.1, 0.15) is 33.1 Å². The van der Waals surface area contributed by atoms with Crippen molar-refractivity contribution in [3.05, 3.63) is 0 Å². The SMILES string of the molecule is CCC(C)COCCOCCOCCOCCOCCOCCOCCOCCOC(=O)CCC(=O)C(=O)O. The maximum absolute atomic E-state index is 11.3. The first-order chi connectivity index (χ1) is 19.0. The van der Waals surface area contributed by atoms with Crippen molar-refractivity contribution < 1.29 is 62.1 Å². The second-order valence-electron chi connectivity index (χ2n) is 8.32. The predicted molar refractivity (Wildman–Crippen MR) is 139 cm³/mol. The lowest BCUT2D eigenvalue weighted by molar-refractivity contribution is -0.151. The van der Waals surface area contributed by atoms with Gasteiger partial charge in [-0.1, -0.05) is 20.3 Å². The minimum Gasteiger partial charge on any atom is -0.476 e. The lowest BCUT2D eigenvalue weighted by Crippen LogP contribution is -2.17. The number of hydrogen-bond acceptors (Lipinski definition) is 12. The van der Waals surface area contributed by atoms with Crippen LogP contribution in [0.3, 0.4) is 0 Å². The molecule has 1 atom stereocenters. The summed E-state index contributed by atoms with van der Waals surface area (Å²) < 4.78 is 48.1. The number of rotatable bonds is 31. The molecule has 0 aliphatic heterocycles. The maximum Gasteiger partial charge on any atom is 0.372 e. The summed E-state index contributed by atoms with van der Waals surface area (Å²) in [5.41, 5.74) is 0. The Morgan fingerprint density at radius 2 is 0.872 bits per heavy atom. The summed E-state index contributed by atoms with van der Waals surface area (Å²) in [6, 6.07) is 0. The van der Waals surface area contributed by atoms with Crippen molar-refractivity contribution in [2.45, 2.75) is 33.1 Å². The molecule has 0 rings (SSSR count). The Balaban J connectivity index is 3.15. The van der Waals surface area contributed by atoms with E-state index in [-0.39, 0.29) is 26.1 Å². The quantitative estimate of drug-likeness (QED) is 0.0723. The van der Waals surface area contributed by atoms with Crippen molar-refractivity contribution in [1.82, 2.24) is 0 Å². The van der Waals surface area contributed by atoms with E-state index in [4.69, 9.17) is 47.7 Å². The molecule has 230 valence electrons. The molecule has 0 aliphatic rings. The normalized spacial score (nSPS) is 11.9. The highest BCUT2D eigenvalue weighted by molar-refractivity contribution is 6.32. The molecule has 0 fully saturated rings. The Kier molecular flexibility index (Phi) is 28.0. The summed E-state index contributed by atoms with van der Waals surface area (Å²) in [4.78, 5) is 32.6. The number of esters is 1. The number of carbonyl (C=O) groups is 3. The van der Waals surface area contributed by atoms with Crippen molar-refractivity contribution >= 4 is 17.7 Å². The van der Waals surface area contributed by atoms with Gasteiger partial charge in [0.2, 0.25) is 5.78 Å². The minimum atomic E-state index is -1.56. The van der Waals surface area contributed by atoms with Gasteiger partial charge in [-0.05, 0) is 5.92 Å². The second-order valence-corrected chi connectivity index (χ2v) is 8.32. The van der Waals surface area contributed by atoms with Crippen LogP contribution in [-0.4, -0.2) is 135 Å². The van der Waals surface area contributed by atoms with Gasteiger partial charge >= 0.3 is 11.9 Å². The van der Waals surface area contributed by atoms with Crippen LogP contribution in [0.2, 0.25) is 0 Å².